The van der Waals surface area contributed by atoms with Crippen LogP contribution < -0.4 is 5.32 Å². The van der Waals surface area contributed by atoms with E-state index >= 15 is 0 Å². The Balaban J connectivity index is 1.69. The van der Waals surface area contributed by atoms with Gasteiger partial charge in [-0.1, -0.05) is 49.0 Å². The fraction of sp³-hybridized carbons (Fsp3) is 0.263. The number of benzene rings is 2. The second kappa shape index (κ2) is 8.14. The van der Waals surface area contributed by atoms with E-state index in [0.717, 1.165) is 34.5 Å². The van der Waals surface area contributed by atoms with Gasteiger partial charge in [0.15, 0.2) is 0 Å². The molecule has 0 fully saturated rings. The van der Waals surface area contributed by atoms with E-state index in [0.29, 0.717) is 5.16 Å². The Bertz CT molecular complexity index is 922. The lowest BCUT2D eigenvalue weighted by molar-refractivity contribution is -0.113. The number of amides is 1. The van der Waals surface area contributed by atoms with E-state index in [1.807, 2.05) is 56.3 Å². The maximum atomic E-state index is 12.4. The van der Waals surface area contributed by atoms with Gasteiger partial charge in [0.2, 0.25) is 11.1 Å². The monoisotopic (exact) mass is 367 g/mol. The van der Waals surface area contributed by atoms with Crippen molar-refractivity contribution in [1.29, 1.82) is 0 Å². The van der Waals surface area contributed by atoms with Crippen molar-refractivity contribution in [3.05, 3.63) is 59.2 Å². The summed E-state index contributed by atoms with van der Waals surface area (Å²) in [5, 5.41) is 15.4. The number of carbonyl (C=O) groups is 1. The lowest BCUT2D eigenvalue weighted by Gasteiger charge is -2.12. The Kier molecular flexibility index (Phi) is 5.68. The number of para-hydroxylation sites is 1. The summed E-state index contributed by atoms with van der Waals surface area (Å²) in [5.74, 6) is 0.168. The van der Waals surface area contributed by atoms with Crippen LogP contribution in [-0.4, -0.2) is 31.9 Å². The molecule has 0 atom stereocenters. The molecule has 0 spiro atoms. The summed E-state index contributed by atoms with van der Waals surface area (Å²) in [5.41, 5.74) is 5.10. The third-order valence-electron chi connectivity index (χ3n) is 4.02. The van der Waals surface area contributed by atoms with Gasteiger partial charge in [0, 0.05) is 5.69 Å². The number of carbonyl (C=O) groups excluding carboxylic acids is 1. The number of nitrogens with one attached hydrogen (secondary N) is 1. The first-order valence-corrected chi connectivity index (χ1v) is 9.43. The van der Waals surface area contributed by atoms with Crippen LogP contribution in [0.3, 0.4) is 0 Å². The third-order valence-corrected chi connectivity index (χ3v) is 4.94. The molecule has 1 aromatic heterocycles. The van der Waals surface area contributed by atoms with Gasteiger partial charge in [-0.05, 0) is 59.5 Å². The van der Waals surface area contributed by atoms with Gasteiger partial charge in [-0.15, -0.1) is 5.10 Å². The number of hydrogen-bond acceptors (Lipinski definition) is 5. The molecule has 2 aromatic carbocycles. The van der Waals surface area contributed by atoms with Gasteiger partial charge >= 0.3 is 0 Å². The maximum absolute atomic E-state index is 12.4. The number of aromatic nitrogens is 4. The highest BCUT2D eigenvalue weighted by Crippen LogP contribution is 2.23. The molecule has 0 saturated heterocycles. The van der Waals surface area contributed by atoms with E-state index in [9.17, 15) is 4.79 Å². The van der Waals surface area contributed by atoms with E-state index in [1.165, 1.54) is 11.8 Å². The van der Waals surface area contributed by atoms with Crippen LogP contribution in [0.25, 0.3) is 5.69 Å². The summed E-state index contributed by atoms with van der Waals surface area (Å²) in [6.45, 7) is 6.09. The van der Waals surface area contributed by atoms with Crippen LogP contribution in [0.1, 0.15) is 23.6 Å². The van der Waals surface area contributed by atoms with Crippen LogP contribution in [0.5, 0.6) is 0 Å². The first-order chi connectivity index (χ1) is 12.6. The standard InChI is InChI=1S/C19H21N5OS/c1-4-15-9-6-8-14(3)18(15)20-17(25)12-26-19-21-22-23-24(19)16-10-5-7-13(2)11-16/h5-11H,4,12H2,1-3H3,(H,20,25). The van der Waals surface area contributed by atoms with Crippen molar-refractivity contribution in [2.45, 2.75) is 32.3 Å². The Morgan fingerprint density at radius 3 is 2.77 bits per heavy atom. The molecule has 0 unspecified atom stereocenters. The van der Waals surface area contributed by atoms with Crippen LogP contribution >= 0.6 is 11.8 Å². The largest absolute Gasteiger partial charge is 0.325 e. The average Bonchev–Trinajstić information content (AvgIpc) is 3.10. The topological polar surface area (TPSA) is 72.7 Å². The summed E-state index contributed by atoms with van der Waals surface area (Å²) >= 11 is 1.32. The minimum atomic E-state index is -0.0715. The van der Waals surface area contributed by atoms with Gasteiger partial charge in [-0.25, -0.2) is 0 Å². The summed E-state index contributed by atoms with van der Waals surface area (Å²) in [7, 11) is 0. The predicted molar refractivity (Wildman–Crippen MR) is 104 cm³/mol. The Hall–Kier alpha value is -2.67. The maximum Gasteiger partial charge on any atom is 0.234 e. The zero-order chi connectivity index (χ0) is 18.5. The second-order valence-electron chi connectivity index (χ2n) is 6.01. The zero-order valence-corrected chi connectivity index (χ0v) is 15.9. The van der Waals surface area contributed by atoms with Crippen LogP contribution in [0.2, 0.25) is 0 Å². The van der Waals surface area contributed by atoms with E-state index in [-0.39, 0.29) is 11.7 Å². The number of thioether (sulfide) groups is 1. The number of nitrogens with zero attached hydrogens (tertiary/aromatic N) is 4. The summed E-state index contributed by atoms with van der Waals surface area (Å²) in [4.78, 5) is 12.4. The van der Waals surface area contributed by atoms with Gasteiger partial charge in [0.25, 0.3) is 0 Å². The zero-order valence-electron chi connectivity index (χ0n) is 15.1. The molecule has 1 N–H and O–H groups in total. The van der Waals surface area contributed by atoms with Crippen LogP contribution in [0, 0.1) is 13.8 Å². The number of aryl methyl sites for hydroxylation is 3. The number of rotatable bonds is 6. The molecule has 134 valence electrons. The number of anilines is 1. The fourth-order valence-electron chi connectivity index (χ4n) is 2.70. The lowest BCUT2D eigenvalue weighted by Crippen LogP contribution is -2.16. The normalized spacial score (nSPS) is 10.7. The van der Waals surface area contributed by atoms with Crippen molar-refractivity contribution < 1.29 is 4.79 Å². The van der Waals surface area contributed by atoms with Gasteiger partial charge in [0.05, 0.1) is 11.4 Å². The molecule has 1 heterocycles. The summed E-state index contributed by atoms with van der Waals surface area (Å²) < 4.78 is 1.65. The van der Waals surface area contributed by atoms with Crippen molar-refractivity contribution >= 4 is 23.4 Å². The minimum absolute atomic E-state index is 0.0715. The smallest absolute Gasteiger partial charge is 0.234 e. The molecule has 7 heteroatoms. The highest BCUT2D eigenvalue weighted by Gasteiger charge is 2.13. The van der Waals surface area contributed by atoms with Gasteiger partial charge in [-0.3, -0.25) is 4.79 Å². The summed E-state index contributed by atoms with van der Waals surface area (Å²) in [6.07, 6.45) is 0.871. The molecular weight excluding hydrogens is 346 g/mol. The van der Waals surface area contributed by atoms with E-state index < -0.39 is 0 Å². The molecule has 26 heavy (non-hydrogen) atoms. The lowest BCUT2D eigenvalue weighted by atomic mass is 10.1. The van der Waals surface area contributed by atoms with Crippen molar-refractivity contribution in [3.8, 4) is 5.69 Å². The first-order valence-electron chi connectivity index (χ1n) is 8.45. The quantitative estimate of drug-likeness (QED) is 0.674. The van der Waals surface area contributed by atoms with Gasteiger partial charge < -0.3 is 5.32 Å². The molecule has 0 aliphatic rings. The van der Waals surface area contributed by atoms with Crippen molar-refractivity contribution in [2.24, 2.45) is 0 Å². The molecule has 0 radical (unpaired) electrons. The van der Waals surface area contributed by atoms with Gasteiger partial charge in [0.1, 0.15) is 0 Å². The highest BCUT2D eigenvalue weighted by molar-refractivity contribution is 7.99. The summed E-state index contributed by atoms with van der Waals surface area (Å²) in [6, 6.07) is 14.0. The molecule has 0 aliphatic carbocycles. The Labute approximate surface area is 157 Å². The molecule has 1 amide bonds. The van der Waals surface area contributed by atoms with Crippen LogP contribution in [0.15, 0.2) is 47.6 Å². The molecular formula is C19H21N5OS. The van der Waals surface area contributed by atoms with E-state index in [2.05, 4.69) is 27.8 Å². The third kappa shape index (κ3) is 4.11. The number of tetrazole rings is 1. The van der Waals surface area contributed by atoms with E-state index in [4.69, 9.17) is 0 Å². The molecule has 6 nitrogen and oxygen atoms in total. The van der Waals surface area contributed by atoms with Crippen molar-refractivity contribution in [3.63, 3.8) is 0 Å². The second-order valence-corrected chi connectivity index (χ2v) is 6.95. The molecule has 0 saturated carbocycles. The SMILES string of the molecule is CCc1cccc(C)c1NC(=O)CSc1nnnn1-c1cccc(C)c1. The van der Waals surface area contributed by atoms with Crippen molar-refractivity contribution in [2.75, 3.05) is 11.1 Å². The molecule has 0 bridgehead atoms. The average molecular weight is 367 g/mol. The van der Waals surface area contributed by atoms with Crippen LogP contribution in [-0.2, 0) is 11.2 Å². The van der Waals surface area contributed by atoms with Crippen LogP contribution in [0.4, 0.5) is 5.69 Å². The Morgan fingerprint density at radius 2 is 2.00 bits per heavy atom. The number of hydrogen-bond donors (Lipinski definition) is 1. The van der Waals surface area contributed by atoms with Crippen molar-refractivity contribution in [1.82, 2.24) is 20.2 Å². The highest BCUT2D eigenvalue weighted by atomic mass is 32.2. The van der Waals surface area contributed by atoms with E-state index in [1.54, 1.807) is 4.68 Å². The Morgan fingerprint density at radius 1 is 1.19 bits per heavy atom. The molecule has 0 aliphatic heterocycles. The van der Waals surface area contributed by atoms with Gasteiger partial charge in [-0.2, -0.15) is 4.68 Å². The minimum Gasteiger partial charge on any atom is -0.325 e. The fourth-order valence-corrected chi connectivity index (χ4v) is 3.39. The predicted octanol–water partition coefficient (Wildman–Crippen LogP) is 3.57. The molecule has 3 aromatic rings. The molecule has 3 rings (SSSR count). The first kappa shape index (κ1) is 18.1.